The first kappa shape index (κ1) is 32.2. The molecular weight excluding hydrogens is 709 g/mol. The molecule has 4 saturated carbocycles. The normalized spacial score (nSPS) is 22.8. The van der Waals surface area contributed by atoms with Crippen molar-refractivity contribution < 1.29 is 0 Å². The molecule has 57 heavy (non-hydrogen) atoms. The third kappa shape index (κ3) is 4.52. The highest BCUT2D eigenvalue weighted by Crippen LogP contribution is 2.71. The molecule has 5 aliphatic rings. The van der Waals surface area contributed by atoms with Crippen molar-refractivity contribution in [1.82, 2.24) is 9.97 Å². The van der Waals surface area contributed by atoms with Gasteiger partial charge in [0.25, 0.3) is 0 Å². The standard InChI is InChI=1S/C54H40N2S/c1-2-11-35(12-3-1)52-43-14-5-8-18-46(43)55-53(56-52)36-23-21-34(22-24-36)49-41(40-16-10-20-48-50(40)44-15-6-9-19-47(44)57-48)25-26-42-39-13-4-7-17-45(39)54(51(42)49)37-28-32-27-33(30-37)31-38(54)29-32/h1-26,32-33,37-38H,27-31H2. The Morgan fingerprint density at radius 1 is 0.456 bits per heavy atom. The molecule has 4 fully saturated rings. The van der Waals surface area contributed by atoms with Crippen molar-refractivity contribution in [1.29, 1.82) is 0 Å². The van der Waals surface area contributed by atoms with E-state index in [4.69, 9.17) is 9.97 Å². The lowest BCUT2D eigenvalue weighted by Gasteiger charge is -2.61. The van der Waals surface area contributed by atoms with Gasteiger partial charge in [-0.2, -0.15) is 0 Å². The van der Waals surface area contributed by atoms with Crippen LogP contribution in [-0.4, -0.2) is 9.97 Å². The molecule has 0 saturated heterocycles. The fraction of sp³-hybridized carbons (Fsp3) is 0.185. The molecule has 2 heterocycles. The number of hydrogen-bond donors (Lipinski definition) is 0. The first-order chi connectivity index (χ1) is 28.2. The second-order valence-electron chi connectivity index (χ2n) is 17.3. The van der Waals surface area contributed by atoms with Crippen LogP contribution in [0.15, 0.2) is 158 Å². The van der Waals surface area contributed by atoms with Gasteiger partial charge in [0.1, 0.15) is 0 Å². The first-order valence-corrected chi connectivity index (χ1v) is 21.6. The van der Waals surface area contributed by atoms with Crippen LogP contribution in [0, 0.1) is 23.7 Å². The summed E-state index contributed by atoms with van der Waals surface area (Å²) in [5.74, 6) is 3.87. The van der Waals surface area contributed by atoms with Gasteiger partial charge in [0, 0.05) is 42.1 Å². The molecular formula is C54H40N2S. The van der Waals surface area contributed by atoms with Crippen LogP contribution in [0.1, 0.15) is 43.2 Å². The van der Waals surface area contributed by atoms with Crippen LogP contribution in [0.25, 0.3) is 87.1 Å². The van der Waals surface area contributed by atoms with E-state index in [1.807, 2.05) is 11.3 Å². The van der Waals surface area contributed by atoms with Crippen molar-refractivity contribution in [3.8, 4) is 56.0 Å². The smallest absolute Gasteiger partial charge is 0.160 e. The third-order valence-corrected chi connectivity index (χ3v) is 15.6. The molecule has 1 spiro atoms. The second kappa shape index (κ2) is 12.1. The van der Waals surface area contributed by atoms with E-state index in [0.717, 1.165) is 45.4 Å². The van der Waals surface area contributed by atoms with E-state index < -0.39 is 0 Å². The fourth-order valence-electron chi connectivity index (χ4n) is 12.6. The summed E-state index contributed by atoms with van der Waals surface area (Å²) < 4.78 is 2.70. The van der Waals surface area contributed by atoms with Crippen LogP contribution in [0.5, 0.6) is 0 Å². The van der Waals surface area contributed by atoms with Crippen molar-refractivity contribution in [3.05, 3.63) is 169 Å². The molecule has 4 bridgehead atoms. The largest absolute Gasteiger partial charge is 0.228 e. The summed E-state index contributed by atoms with van der Waals surface area (Å²) in [7, 11) is 0. The minimum absolute atomic E-state index is 0.0278. The predicted octanol–water partition coefficient (Wildman–Crippen LogP) is 14.4. The minimum atomic E-state index is 0.0278. The van der Waals surface area contributed by atoms with Gasteiger partial charge < -0.3 is 0 Å². The molecule has 0 radical (unpaired) electrons. The first-order valence-electron chi connectivity index (χ1n) is 20.8. The van der Waals surface area contributed by atoms with Gasteiger partial charge in [0.2, 0.25) is 0 Å². The zero-order chi connectivity index (χ0) is 37.2. The van der Waals surface area contributed by atoms with Gasteiger partial charge in [-0.15, -0.1) is 11.3 Å². The number of para-hydroxylation sites is 1. The molecule has 0 unspecified atom stereocenters. The van der Waals surface area contributed by atoms with E-state index in [-0.39, 0.29) is 5.41 Å². The van der Waals surface area contributed by atoms with Gasteiger partial charge in [0.15, 0.2) is 5.82 Å². The Morgan fingerprint density at radius 3 is 1.93 bits per heavy atom. The van der Waals surface area contributed by atoms with E-state index in [0.29, 0.717) is 11.8 Å². The number of benzene rings is 7. The van der Waals surface area contributed by atoms with Crippen LogP contribution in [0.4, 0.5) is 0 Å². The molecule has 7 aromatic carbocycles. The zero-order valence-corrected chi connectivity index (χ0v) is 32.5. The van der Waals surface area contributed by atoms with Crippen molar-refractivity contribution in [2.45, 2.75) is 37.5 Å². The summed E-state index contributed by atoms with van der Waals surface area (Å²) in [5, 5.41) is 3.80. The summed E-state index contributed by atoms with van der Waals surface area (Å²) in [6, 6.07) is 58.7. The molecule has 272 valence electrons. The Bertz CT molecular complexity index is 3060. The molecule has 0 N–H and O–H groups in total. The maximum atomic E-state index is 5.26. The lowest BCUT2D eigenvalue weighted by atomic mass is 9.42. The monoisotopic (exact) mass is 748 g/mol. The van der Waals surface area contributed by atoms with Crippen LogP contribution in [0.2, 0.25) is 0 Å². The fourth-order valence-corrected chi connectivity index (χ4v) is 13.7. The highest BCUT2D eigenvalue weighted by atomic mass is 32.1. The molecule has 14 rings (SSSR count). The van der Waals surface area contributed by atoms with Crippen LogP contribution in [0.3, 0.4) is 0 Å². The molecule has 0 atom stereocenters. The van der Waals surface area contributed by atoms with E-state index in [2.05, 4.69) is 158 Å². The number of aromatic nitrogens is 2. The van der Waals surface area contributed by atoms with Gasteiger partial charge in [-0.25, -0.2) is 9.97 Å². The highest BCUT2D eigenvalue weighted by molar-refractivity contribution is 7.25. The van der Waals surface area contributed by atoms with E-state index in [9.17, 15) is 0 Å². The predicted molar refractivity (Wildman–Crippen MR) is 237 cm³/mol. The second-order valence-corrected chi connectivity index (χ2v) is 18.3. The molecule has 9 aromatic rings. The molecule has 0 amide bonds. The van der Waals surface area contributed by atoms with Gasteiger partial charge in [-0.1, -0.05) is 140 Å². The number of rotatable bonds is 4. The summed E-state index contributed by atoms with van der Waals surface area (Å²) in [5.41, 5.74) is 15.6. The topological polar surface area (TPSA) is 25.8 Å². The summed E-state index contributed by atoms with van der Waals surface area (Å²) in [4.78, 5) is 10.4. The molecule has 0 aliphatic heterocycles. The maximum absolute atomic E-state index is 5.26. The van der Waals surface area contributed by atoms with Gasteiger partial charge in [-0.3, -0.25) is 0 Å². The van der Waals surface area contributed by atoms with Crippen molar-refractivity contribution in [3.63, 3.8) is 0 Å². The number of fused-ring (bicyclic) bond motifs is 7. The zero-order valence-electron chi connectivity index (χ0n) is 31.7. The van der Waals surface area contributed by atoms with E-state index in [1.54, 1.807) is 11.1 Å². The molecule has 2 aromatic heterocycles. The van der Waals surface area contributed by atoms with E-state index in [1.165, 1.54) is 85.7 Å². The Labute approximate surface area is 336 Å². The summed E-state index contributed by atoms with van der Waals surface area (Å²) in [6.45, 7) is 0. The van der Waals surface area contributed by atoms with Crippen molar-refractivity contribution >= 4 is 42.4 Å². The highest BCUT2D eigenvalue weighted by Gasteiger charge is 2.62. The van der Waals surface area contributed by atoms with Crippen molar-refractivity contribution in [2.24, 2.45) is 23.7 Å². The average Bonchev–Trinajstić information content (AvgIpc) is 3.79. The molecule has 3 heteroatoms. The third-order valence-electron chi connectivity index (χ3n) is 14.5. The lowest BCUT2D eigenvalue weighted by Crippen LogP contribution is -2.55. The van der Waals surface area contributed by atoms with Crippen LogP contribution < -0.4 is 0 Å². The van der Waals surface area contributed by atoms with Crippen LogP contribution >= 0.6 is 11.3 Å². The lowest BCUT2D eigenvalue weighted by molar-refractivity contribution is -0.0397. The number of nitrogens with zero attached hydrogens (tertiary/aromatic N) is 2. The Hall–Kier alpha value is -5.90. The van der Waals surface area contributed by atoms with Crippen molar-refractivity contribution in [2.75, 3.05) is 0 Å². The summed E-state index contributed by atoms with van der Waals surface area (Å²) >= 11 is 1.91. The minimum Gasteiger partial charge on any atom is -0.228 e. The average molecular weight is 749 g/mol. The Kier molecular flexibility index (Phi) is 6.81. The van der Waals surface area contributed by atoms with E-state index >= 15 is 0 Å². The summed E-state index contributed by atoms with van der Waals surface area (Å²) in [6.07, 6.45) is 6.88. The van der Waals surface area contributed by atoms with Crippen LogP contribution in [-0.2, 0) is 5.41 Å². The Balaban J connectivity index is 1.07. The number of thiophene rings is 1. The Morgan fingerprint density at radius 2 is 1.11 bits per heavy atom. The van der Waals surface area contributed by atoms with Gasteiger partial charge in [0.05, 0.1) is 11.2 Å². The number of hydrogen-bond acceptors (Lipinski definition) is 3. The maximum Gasteiger partial charge on any atom is 0.160 e. The quantitative estimate of drug-likeness (QED) is 0.179. The van der Waals surface area contributed by atoms with Gasteiger partial charge >= 0.3 is 0 Å². The molecule has 5 aliphatic carbocycles. The SMILES string of the molecule is c1ccc(-c2nc(-c3ccc(-c4c(-c5cccc6sc7ccccc7c56)ccc5c4C4(c6ccccc6-5)C5CC6CC(C5)CC4C6)cc3)nc3ccccc23)cc1. The molecule has 2 nitrogen and oxygen atoms in total. The van der Waals surface area contributed by atoms with Gasteiger partial charge in [-0.05, 0) is 118 Å².